The molecule has 1 N–H and O–H groups in total. The molecule has 0 bridgehead atoms. The number of hydrogen-bond acceptors (Lipinski definition) is 3. The zero-order valence-corrected chi connectivity index (χ0v) is 13.6. The minimum absolute atomic E-state index is 0.0923. The normalized spacial score (nSPS) is 11.1. The van der Waals surface area contributed by atoms with Crippen molar-refractivity contribution in [1.29, 1.82) is 0 Å². The monoisotopic (exact) mass is 370 g/mol. The van der Waals surface area contributed by atoms with E-state index in [1.54, 1.807) is 29.5 Å². The molecule has 20 heavy (non-hydrogen) atoms. The number of thiophene rings is 1. The van der Waals surface area contributed by atoms with Crippen LogP contribution < -0.4 is 0 Å². The van der Waals surface area contributed by atoms with E-state index < -0.39 is 0 Å². The Balaban J connectivity index is 2.16. The number of carbonyl (C=O) groups excluding carboxylic acids is 1. The predicted molar refractivity (Wildman–Crippen MR) is 87.9 cm³/mol. The van der Waals surface area contributed by atoms with Gasteiger partial charge in [-0.3, -0.25) is 4.79 Å². The van der Waals surface area contributed by atoms with Crippen LogP contribution >= 0.6 is 38.9 Å². The predicted octanol–water partition coefficient (Wildman–Crippen LogP) is 4.89. The summed E-state index contributed by atoms with van der Waals surface area (Å²) in [6.07, 6.45) is 3.86. The van der Waals surface area contributed by atoms with E-state index in [9.17, 15) is 9.90 Å². The van der Waals surface area contributed by atoms with Crippen LogP contribution in [0, 0.1) is 0 Å². The summed E-state index contributed by atoms with van der Waals surface area (Å²) in [5.74, 6) is 0.489. The summed E-state index contributed by atoms with van der Waals surface area (Å²) in [6.45, 7) is 0. The van der Waals surface area contributed by atoms with Crippen molar-refractivity contribution in [2.24, 2.45) is 0 Å². The van der Waals surface area contributed by atoms with E-state index >= 15 is 0 Å². The van der Waals surface area contributed by atoms with Gasteiger partial charge in [-0.2, -0.15) is 0 Å². The third-order valence-electron chi connectivity index (χ3n) is 2.72. The van der Waals surface area contributed by atoms with E-state index in [2.05, 4.69) is 15.9 Å². The summed E-state index contributed by atoms with van der Waals surface area (Å²) >= 11 is 10.6. The number of alkyl halides is 1. The number of halogens is 2. The highest BCUT2D eigenvalue weighted by Gasteiger charge is 2.07. The number of benzene rings is 1. The Hall–Kier alpha value is -1.10. The Kier molecular flexibility index (Phi) is 5.40. The molecule has 5 heteroatoms. The molecule has 0 saturated heterocycles. The molecule has 0 saturated carbocycles. The molecule has 0 spiro atoms. The smallest absolute Gasteiger partial charge is 0.185 e. The van der Waals surface area contributed by atoms with Crippen molar-refractivity contribution in [3.05, 3.63) is 56.2 Å². The number of ketones is 1. The third-order valence-corrected chi connectivity index (χ3v) is 4.50. The average molecular weight is 372 g/mol. The molecule has 1 heterocycles. The fourth-order valence-corrected chi connectivity index (χ4v) is 3.24. The van der Waals surface area contributed by atoms with Gasteiger partial charge in [0.05, 0.1) is 3.79 Å². The van der Waals surface area contributed by atoms with Gasteiger partial charge in [0.15, 0.2) is 5.78 Å². The molecular weight excluding hydrogens is 360 g/mol. The lowest BCUT2D eigenvalue weighted by Crippen LogP contribution is -1.97. The Labute approximate surface area is 134 Å². The van der Waals surface area contributed by atoms with Gasteiger partial charge in [-0.25, -0.2) is 0 Å². The Morgan fingerprint density at radius 3 is 2.80 bits per heavy atom. The molecule has 104 valence electrons. The molecule has 2 rings (SSSR count). The van der Waals surface area contributed by atoms with Crippen LogP contribution in [-0.4, -0.2) is 16.8 Å². The molecule has 0 amide bonds. The highest BCUT2D eigenvalue weighted by molar-refractivity contribution is 9.11. The van der Waals surface area contributed by atoms with Crippen LogP contribution in [0.3, 0.4) is 0 Å². The molecule has 1 aromatic heterocycles. The number of hydrogen-bond donors (Lipinski definition) is 1. The van der Waals surface area contributed by atoms with E-state index in [1.165, 1.54) is 12.1 Å². The molecule has 1 aromatic carbocycles. The van der Waals surface area contributed by atoms with Crippen molar-refractivity contribution < 1.29 is 9.90 Å². The van der Waals surface area contributed by atoms with Crippen LogP contribution in [0.25, 0.3) is 6.08 Å². The van der Waals surface area contributed by atoms with Crippen molar-refractivity contribution in [2.45, 2.75) is 6.42 Å². The topological polar surface area (TPSA) is 37.3 Å². The summed E-state index contributed by atoms with van der Waals surface area (Å²) in [4.78, 5) is 13.1. The van der Waals surface area contributed by atoms with Crippen LogP contribution in [0.1, 0.15) is 20.8 Å². The van der Waals surface area contributed by atoms with Gasteiger partial charge in [-0.1, -0.05) is 0 Å². The molecular formula is C15H12BrClO2S. The zero-order valence-electron chi connectivity index (χ0n) is 10.5. The standard InChI is InChI=1S/C15H12BrClO2S/c16-15-6-3-12(20-15)2-5-14(19)10-1-4-13(18)11(9-10)7-8-17/h1-6,9,18H,7-8H2. The summed E-state index contributed by atoms with van der Waals surface area (Å²) in [5, 5.41) is 9.67. The number of aromatic hydroxyl groups is 1. The molecule has 0 aliphatic rings. The van der Waals surface area contributed by atoms with Gasteiger partial charge in [-0.15, -0.1) is 22.9 Å². The molecule has 0 unspecified atom stereocenters. The van der Waals surface area contributed by atoms with Crippen molar-refractivity contribution in [3.63, 3.8) is 0 Å². The summed E-state index contributed by atoms with van der Waals surface area (Å²) < 4.78 is 1.03. The number of phenols is 1. The fourth-order valence-electron chi connectivity index (χ4n) is 1.71. The molecule has 2 nitrogen and oxygen atoms in total. The second-order valence-electron chi connectivity index (χ2n) is 4.12. The highest BCUT2D eigenvalue weighted by Crippen LogP contribution is 2.24. The van der Waals surface area contributed by atoms with Crippen LogP contribution in [-0.2, 0) is 6.42 Å². The Morgan fingerprint density at radius 2 is 2.15 bits per heavy atom. The molecule has 0 atom stereocenters. The maximum absolute atomic E-state index is 12.1. The maximum atomic E-state index is 12.1. The largest absolute Gasteiger partial charge is 0.508 e. The van der Waals surface area contributed by atoms with Crippen LogP contribution in [0.4, 0.5) is 0 Å². The van der Waals surface area contributed by atoms with E-state index in [0.717, 1.165) is 8.66 Å². The van der Waals surface area contributed by atoms with E-state index in [0.29, 0.717) is 23.4 Å². The zero-order chi connectivity index (χ0) is 14.5. The quantitative estimate of drug-likeness (QED) is 0.461. The van der Waals surface area contributed by atoms with Gasteiger partial charge < -0.3 is 5.11 Å². The van der Waals surface area contributed by atoms with Crippen LogP contribution in [0.15, 0.2) is 40.2 Å². The first-order chi connectivity index (χ1) is 9.60. The first-order valence-corrected chi connectivity index (χ1v) is 8.10. The summed E-state index contributed by atoms with van der Waals surface area (Å²) in [6, 6.07) is 8.71. The number of phenolic OH excluding ortho intramolecular Hbond substituents is 1. The van der Waals surface area contributed by atoms with Crippen molar-refractivity contribution in [3.8, 4) is 5.75 Å². The minimum Gasteiger partial charge on any atom is -0.508 e. The maximum Gasteiger partial charge on any atom is 0.185 e. The lowest BCUT2D eigenvalue weighted by atomic mass is 10.0. The van der Waals surface area contributed by atoms with Crippen molar-refractivity contribution >= 4 is 50.7 Å². The molecule has 2 aromatic rings. The Morgan fingerprint density at radius 1 is 1.35 bits per heavy atom. The third kappa shape index (κ3) is 3.95. The van der Waals surface area contributed by atoms with Crippen LogP contribution in [0.5, 0.6) is 5.75 Å². The second-order valence-corrected chi connectivity index (χ2v) is 6.99. The van der Waals surface area contributed by atoms with Gasteiger partial charge in [0.2, 0.25) is 0 Å². The number of rotatable bonds is 5. The van der Waals surface area contributed by atoms with Gasteiger partial charge in [-0.05, 0) is 70.4 Å². The molecule has 0 fully saturated rings. The van der Waals surface area contributed by atoms with Crippen molar-refractivity contribution in [1.82, 2.24) is 0 Å². The lowest BCUT2D eigenvalue weighted by molar-refractivity contribution is 0.104. The summed E-state index contributed by atoms with van der Waals surface area (Å²) in [7, 11) is 0. The lowest BCUT2D eigenvalue weighted by Gasteiger charge is -2.04. The second kappa shape index (κ2) is 7.07. The minimum atomic E-state index is -0.0923. The first kappa shape index (κ1) is 15.3. The van der Waals surface area contributed by atoms with Gasteiger partial charge in [0.25, 0.3) is 0 Å². The van der Waals surface area contributed by atoms with E-state index in [1.807, 2.05) is 12.1 Å². The number of allylic oxidation sites excluding steroid dienone is 1. The SMILES string of the molecule is O=C(C=Cc1ccc(Br)s1)c1ccc(O)c(CCCl)c1. The number of carbonyl (C=O) groups is 1. The molecule has 0 aliphatic carbocycles. The van der Waals surface area contributed by atoms with Gasteiger partial charge >= 0.3 is 0 Å². The van der Waals surface area contributed by atoms with E-state index in [4.69, 9.17) is 11.6 Å². The molecule has 0 aliphatic heterocycles. The van der Waals surface area contributed by atoms with Crippen LogP contribution in [0.2, 0.25) is 0 Å². The average Bonchev–Trinajstić information content (AvgIpc) is 2.84. The molecule has 0 radical (unpaired) electrons. The Bertz CT molecular complexity index is 649. The van der Waals surface area contributed by atoms with Gasteiger partial charge in [0, 0.05) is 16.3 Å². The van der Waals surface area contributed by atoms with Gasteiger partial charge in [0.1, 0.15) is 5.75 Å². The first-order valence-electron chi connectivity index (χ1n) is 5.96. The fraction of sp³-hybridized carbons (Fsp3) is 0.133. The van der Waals surface area contributed by atoms with Crippen molar-refractivity contribution in [2.75, 3.05) is 5.88 Å². The highest BCUT2D eigenvalue weighted by atomic mass is 79.9. The summed E-state index contributed by atoms with van der Waals surface area (Å²) in [5.41, 5.74) is 1.24. The van der Waals surface area contributed by atoms with E-state index in [-0.39, 0.29) is 11.5 Å². The number of aryl methyl sites for hydroxylation is 1.